The van der Waals surface area contributed by atoms with Gasteiger partial charge in [-0.1, -0.05) is 24.2 Å². The third-order valence-electron chi connectivity index (χ3n) is 9.08. The van der Waals surface area contributed by atoms with E-state index in [1.165, 1.54) is 12.1 Å². The first-order valence-corrected chi connectivity index (χ1v) is 15.3. The highest BCUT2D eigenvalue weighted by Crippen LogP contribution is 2.54. The fourth-order valence-electron chi connectivity index (χ4n) is 6.68. The summed E-state index contributed by atoms with van der Waals surface area (Å²) in [5.41, 5.74) is 8.21. The van der Waals surface area contributed by atoms with E-state index in [9.17, 15) is 18.4 Å². The van der Waals surface area contributed by atoms with Crippen LogP contribution in [0.15, 0.2) is 24.4 Å². The Morgan fingerprint density at radius 2 is 2.00 bits per heavy atom. The highest BCUT2D eigenvalue weighted by atomic mass is 35.5. The number of anilines is 1. The first-order valence-electron chi connectivity index (χ1n) is 14.1. The highest BCUT2D eigenvalue weighted by Gasteiger charge is 2.60. The van der Waals surface area contributed by atoms with E-state index in [4.69, 9.17) is 22.1 Å². The maximum absolute atomic E-state index is 16.7. The molecule has 2 fully saturated rings. The number of rotatable bonds is 6. The Morgan fingerprint density at radius 1 is 1.26 bits per heavy atom. The number of nitrogens with zero attached hydrogens (tertiary/aromatic N) is 4. The summed E-state index contributed by atoms with van der Waals surface area (Å²) in [4.78, 5) is 11.0. The summed E-state index contributed by atoms with van der Waals surface area (Å²) in [5, 5.41) is 10.8. The van der Waals surface area contributed by atoms with E-state index in [1.54, 1.807) is 6.92 Å². The van der Waals surface area contributed by atoms with E-state index >= 15 is 4.39 Å². The standard InChI is InChI=1S/C31H26ClF4N5OS/c1-3-42-30-39-21-8-14(15-11-41(12-15)13(2)19-9-31(19,35)36)4-5-17-23(21)27(40-30)26(34)24(25(17)32)16-6-7-20(33)28-22(16)18(10-37)29(38)43-28/h6-7,14-15,19H,2-5,8-9,11-12,38H2,1H3. The van der Waals surface area contributed by atoms with Crippen molar-refractivity contribution in [2.75, 3.05) is 25.4 Å². The summed E-state index contributed by atoms with van der Waals surface area (Å²) in [6, 6.07) is 4.69. The quantitative estimate of drug-likeness (QED) is 0.223. The van der Waals surface area contributed by atoms with E-state index in [0.29, 0.717) is 54.7 Å². The number of aryl methyl sites for hydroxylation is 1. The molecule has 7 rings (SSSR count). The Bertz CT molecular complexity index is 1900. The molecule has 1 aliphatic heterocycles. The van der Waals surface area contributed by atoms with Crippen LogP contribution in [0.3, 0.4) is 0 Å². The first-order chi connectivity index (χ1) is 20.5. The summed E-state index contributed by atoms with van der Waals surface area (Å²) in [6.07, 6.45) is 1.58. The van der Waals surface area contributed by atoms with E-state index in [0.717, 1.165) is 11.3 Å². The normalized spacial score (nSPS) is 21.0. The van der Waals surface area contributed by atoms with Gasteiger partial charge in [-0.15, -0.1) is 11.3 Å². The first kappa shape index (κ1) is 28.2. The predicted octanol–water partition coefficient (Wildman–Crippen LogP) is 7.50. The van der Waals surface area contributed by atoms with Gasteiger partial charge in [-0.05, 0) is 55.2 Å². The Morgan fingerprint density at radius 3 is 2.67 bits per heavy atom. The van der Waals surface area contributed by atoms with Crippen molar-refractivity contribution in [2.24, 2.45) is 17.8 Å². The number of ether oxygens (including phenoxy) is 1. The predicted molar refractivity (Wildman–Crippen MR) is 158 cm³/mol. The third-order valence-corrected chi connectivity index (χ3v) is 10.5. The van der Waals surface area contributed by atoms with Gasteiger partial charge in [-0.3, -0.25) is 0 Å². The van der Waals surface area contributed by atoms with Crippen LogP contribution in [0.25, 0.3) is 32.1 Å². The summed E-state index contributed by atoms with van der Waals surface area (Å²) in [7, 11) is 0. The number of likely N-dealkylation sites (tertiary alicyclic amines) is 1. The maximum atomic E-state index is 16.7. The molecule has 2 aromatic heterocycles. The molecule has 1 saturated carbocycles. The van der Waals surface area contributed by atoms with Gasteiger partial charge in [-0.25, -0.2) is 17.6 Å². The number of nitriles is 1. The minimum absolute atomic E-state index is 0.0190. The molecule has 3 heterocycles. The summed E-state index contributed by atoms with van der Waals surface area (Å²) in [6.45, 7) is 7.22. The molecule has 43 heavy (non-hydrogen) atoms. The van der Waals surface area contributed by atoms with Gasteiger partial charge in [0.15, 0.2) is 5.82 Å². The number of nitrogens with two attached hydrogens (primary N) is 1. The van der Waals surface area contributed by atoms with Crippen molar-refractivity contribution < 1.29 is 22.3 Å². The van der Waals surface area contributed by atoms with Crippen molar-refractivity contribution in [3.8, 4) is 23.2 Å². The molecule has 2 aromatic carbocycles. The van der Waals surface area contributed by atoms with Crippen LogP contribution in [-0.2, 0) is 12.8 Å². The van der Waals surface area contributed by atoms with Crippen molar-refractivity contribution in [1.82, 2.24) is 14.9 Å². The van der Waals surface area contributed by atoms with Crippen molar-refractivity contribution >= 4 is 48.9 Å². The summed E-state index contributed by atoms with van der Waals surface area (Å²) < 4.78 is 64.5. The molecule has 1 saturated heterocycles. The molecule has 0 amide bonds. The van der Waals surface area contributed by atoms with Crippen LogP contribution in [0.4, 0.5) is 22.6 Å². The molecule has 3 aliphatic rings. The van der Waals surface area contributed by atoms with Crippen LogP contribution in [0, 0.1) is 40.7 Å². The largest absolute Gasteiger partial charge is 0.464 e. The zero-order chi connectivity index (χ0) is 30.4. The Labute approximate surface area is 253 Å². The van der Waals surface area contributed by atoms with Crippen molar-refractivity contribution in [3.05, 3.63) is 57.9 Å². The monoisotopic (exact) mass is 627 g/mol. The molecule has 0 spiro atoms. The molecule has 0 radical (unpaired) electrons. The maximum Gasteiger partial charge on any atom is 0.317 e. The number of nitrogen functional groups attached to an aromatic ring is 1. The van der Waals surface area contributed by atoms with Gasteiger partial charge in [-0.2, -0.15) is 15.2 Å². The fraction of sp³-hybridized carbons (Fsp3) is 0.387. The van der Waals surface area contributed by atoms with Gasteiger partial charge in [0.2, 0.25) is 0 Å². The Balaban J connectivity index is 1.33. The Kier molecular flexibility index (Phi) is 6.52. The van der Waals surface area contributed by atoms with Crippen molar-refractivity contribution in [1.29, 1.82) is 5.26 Å². The van der Waals surface area contributed by atoms with E-state index < -0.39 is 23.5 Å². The van der Waals surface area contributed by atoms with Crippen molar-refractivity contribution in [2.45, 2.75) is 38.5 Å². The average Bonchev–Trinajstić information content (AvgIpc) is 3.51. The van der Waals surface area contributed by atoms with Crippen LogP contribution in [0.2, 0.25) is 5.02 Å². The van der Waals surface area contributed by atoms with E-state index in [2.05, 4.69) is 16.5 Å². The minimum atomic E-state index is -2.66. The lowest BCUT2D eigenvalue weighted by atomic mass is 9.80. The van der Waals surface area contributed by atoms with Crippen LogP contribution in [0.5, 0.6) is 6.01 Å². The average molecular weight is 628 g/mol. The SMILES string of the molecule is C=C(C1CC1(F)F)N1CC(C2CCc3c(Cl)c(-c4ccc(F)c5sc(N)c(C#N)c45)c(F)c4nc(OCC)nc(c34)C2)C1. The zero-order valence-corrected chi connectivity index (χ0v) is 24.7. The number of allylic oxidation sites excluding steroid dienone is 1. The molecule has 2 aliphatic carbocycles. The zero-order valence-electron chi connectivity index (χ0n) is 23.1. The molecule has 2 unspecified atom stereocenters. The molecule has 6 nitrogen and oxygen atoms in total. The number of fused-ring (bicyclic) bond motifs is 1. The third kappa shape index (κ3) is 4.32. The van der Waals surface area contributed by atoms with Crippen LogP contribution in [-0.4, -0.2) is 40.5 Å². The van der Waals surface area contributed by atoms with Gasteiger partial charge in [0.1, 0.15) is 22.4 Å². The van der Waals surface area contributed by atoms with Crippen molar-refractivity contribution in [3.63, 3.8) is 0 Å². The lowest BCUT2D eigenvalue weighted by Gasteiger charge is -2.46. The number of benzene rings is 2. The number of alkyl halides is 2. The van der Waals surface area contributed by atoms with E-state index in [-0.39, 0.29) is 73.2 Å². The smallest absolute Gasteiger partial charge is 0.317 e. The van der Waals surface area contributed by atoms with Crippen LogP contribution < -0.4 is 10.5 Å². The molecule has 222 valence electrons. The molecular weight excluding hydrogens is 602 g/mol. The number of hydrogen-bond acceptors (Lipinski definition) is 7. The minimum Gasteiger partial charge on any atom is -0.464 e. The Hall–Kier alpha value is -3.62. The molecule has 2 N–H and O–H groups in total. The molecule has 0 bridgehead atoms. The number of thiophene rings is 1. The number of aromatic nitrogens is 2. The molecular formula is C31H26ClF4N5OS. The number of halogens is 5. The highest BCUT2D eigenvalue weighted by molar-refractivity contribution is 7.23. The number of hydrogen-bond donors (Lipinski definition) is 1. The van der Waals surface area contributed by atoms with Gasteiger partial charge in [0.25, 0.3) is 5.92 Å². The topological polar surface area (TPSA) is 88.1 Å². The summed E-state index contributed by atoms with van der Waals surface area (Å²) in [5.74, 6) is -4.38. The molecule has 2 atom stereocenters. The second-order valence-corrected chi connectivity index (χ2v) is 13.0. The van der Waals surface area contributed by atoms with Crippen LogP contribution >= 0.6 is 22.9 Å². The second kappa shape index (κ2) is 9.96. The van der Waals surface area contributed by atoms with Gasteiger partial charge in [0.05, 0.1) is 33.5 Å². The van der Waals surface area contributed by atoms with Gasteiger partial charge in [0, 0.05) is 41.5 Å². The lowest BCUT2D eigenvalue weighted by Crippen LogP contribution is -2.50. The molecule has 12 heteroatoms. The van der Waals surface area contributed by atoms with Gasteiger partial charge < -0.3 is 15.4 Å². The fourth-order valence-corrected chi connectivity index (χ4v) is 8.00. The van der Waals surface area contributed by atoms with Gasteiger partial charge >= 0.3 is 6.01 Å². The second-order valence-electron chi connectivity index (χ2n) is 11.5. The lowest BCUT2D eigenvalue weighted by molar-refractivity contribution is 0.0600. The van der Waals surface area contributed by atoms with Crippen LogP contribution in [0.1, 0.15) is 36.6 Å². The molecule has 4 aromatic rings. The van der Waals surface area contributed by atoms with E-state index in [1.807, 2.05) is 11.0 Å². The summed E-state index contributed by atoms with van der Waals surface area (Å²) >= 11 is 7.96.